The summed E-state index contributed by atoms with van der Waals surface area (Å²) in [5.41, 5.74) is 5.75. The zero-order chi connectivity index (χ0) is 8.16. The minimum Gasteiger partial charge on any atom is -0.374 e. The van der Waals surface area contributed by atoms with Crippen molar-refractivity contribution in [1.29, 1.82) is 0 Å². The second-order valence-corrected chi connectivity index (χ2v) is 3.38. The van der Waals surface area contributed by atoms with Gasteiger partial charge in [-0.2, -0.15) is 0 Å². The maximum Gasteiger partial charge on any atom is 0.0804 e. The fraction of sp³-hybridized carbons (Fsp3) is 1.00. The first-order valence-electron chi connectivity index (χ1n) is 4.67. The molecule has 74 valence electrons. The highest BCUT2D eigenvalue weighted by Gasteiger charge is 2.30. The molecule has 0 radical (unpaired) electrons. The Morgan fingerprint density at radius 1 is 1.25 bits per heavy atom. The Labute approximate surface area is 81.3 Å². The summed E-state index contributed by atoms with van der Waals surface area (Å²) in [5, 5.41) is 0. The summed E-state index contributed by atoms with van der Waals surface area (Å²) in [4.78, 5) is 0. The van der Waals surface area contributed by atoms with Crippen molar-refractivity contribution in [3.63, 3.8) is 0 Å². The molecule has 0 aromatic heterocycles. The monoisotopic (exact) mass is 193 g/mol. The standard InChI is InChI=1S/C9H19NO.ClH/c1-2-11-9(8-10)6-4-3-5-7-9;/h2-8,10H2,1H3;1H. The lowest BCUT2D eigenvalue weighted by molar-refractivity contribution is -0.0572. The number of ether oxygens (including phenoxy) is 1. The Kier molecular flexibility index (Phi) is 5.89. The largest absolute Gasteiger partial charge is 0.374 e. The van der Waals surface area contributed by atoms with Crippen LogP contribution in [0.4, 0.5) is 0 Å². The highest BCUT2D eigenvalue weighted by atomic mass is 35.5. The summed E-state index contributed by atoms with van der Waals surface area (Å²) in [6.45, 7) is 3.55. The summed E-state index contributed by atoms with van der Waals surface area (Å²) in [6, 6.07) is 0. The average Bonchev–Trinajstić information content (AvgIpc) is 2.07. The van der Waals surface area contributed by atoms with E-state index in [2.05, 4.69) is 0 Å². The van der Waals surface area contributed by atoms with Crippen LogP contribution in [-0.4, -0.2) is 18.8 Å². The maximum absolute atomic E-state index is 5.70. The van der Waals surface area contributed by atoms with Gasteiger partial charge < -0.3 is 10.5 Å². The van der Waals surface area contributed by atoms with Gasteiger partial charge in [0.15, 0.2) is 0 Å². The lowest BCUT2D eigenvalue weighted by atomic mass is 9.85. The molecule has 0 spiro atoms. The van der Waals surface area contributed by atoms with Crippen LogP contribution in [0, 0.1) is 0 Å². The molecule has 1 fully saturated rings. The van der Waals surface area contributed by atoms with Gasteiger partial charge in [0.1, 0.15) is 0 Å². The van der Waals surface area contributed by atoms with Crippen LogP contribution in [0.5, 0.6) is 0 Å². The van der Waals surface area contributed by atoms with Gasteiger partial charge in [-0.25, -0.2) is 0 Å². The summed E-state index contributed by atoms with van der Waals surface area (Å²) >= 11 is 0. The van der Waals surface area contributed by atoms with Crippen molar-refractivity contribution in [1.82, 2.24) is 0 Å². The Hall–Kier alpha value is 0.210. The average molecular weight is 194 g/mol. The smallest absolute Gasteiger partial charge is 0.0804 e. The molecule has 1 aliphatic carbocycles. The molecular formula is C9H20ClNO. The van der Waals surface area contributed by atoms with E-state index < -0.39 is 0 Å². The van der Waals surface area contributed by atoms with E-state index in [0.717, 1.165) is 19.4 Å². The summed E-state index contributed by atoms with van der Waals surface area (Å²) in [5.74, 6) is 0. The van der Waals surface area contributed by atoms with E-state index >= 15 is 0 Å². The first-order valence-corrected chi connectivity index (χ1v) is 4.67. The number of hydrogen-bond donors (Lipinski definition) is 1. The second kappa shape index (κ2) is 5.79. The van der Waals surface area contributed by atoms with Crippen LogP contribution >= 0.6 is 12.4 Å². The fourth-order valence-electron chi connectivity index (χ4n) is 1.91. The molecule has 1 aliphatic rings. The molecule has 0 saturated heterocycles. The third-order valence-electron chi connectivity index (χ3n) is 2.59. The van der Waals surface area contributed by atoms with Gasteiger partial charge in [-0.05, 0) is 19.8 Å². The zero-order valence-electron chi connectivity index (χ0n) is 7.84. The number of rotatable bonds is 3. The van der Waals surface area contributed by atoms with E-state index in [-0.39, 0.29) is 18.0 Å². The van der Waals surface area contributed by atoms with E-state index in [0.29, 0.717) is 6.54 Å². The highest BCUT2D eigenvalue weighted by Crippen LogP contribution is 2.30. The molecular weight excluding hydrogens is 174 g/mol. The number of halogens is 1. The lowest BCUT2D eigenvalue weighted by Crippen LogP contribution is -2.42. The van der Waals surface area contributed by atoms with Gasteiger partial charge in [0, 0.05) is 13.2 Å². The molecule has 0 bridgehead atoms. The first kappa shape index (κ1) is 12.2. The molecule has 1 saturated carbocycles. The summed E-state index contributed by atoms with van der Waals surface area (Å²) in [7, 11) is 0. The van der Waals surface area contributed by atoms with Crippen LogP contribution in [0.25, 0.3) is 0 Å². The van der Waals surface area contributed by atoms with Crippen LogP contribution in [0.1, 0.15) is 39.0 Å². The van der Waals surface area contributed by atoms with Crippen LogP contribution in [0.3, 0.4) is 0 Å². The van der Waals surface area contributed by atoms with Crippen molar-refractivity contribution in [3.05, 3.63) is 0 Å². The Morgan fingerprint density at radius 2 is 1.83 bits per heavy atom. The van der Waals surface area contributed by atoms with Gasteiger partial charge in [0.2, 0.25) is 0 Å². The molecule has 2 N–H and O–H groups in total. The number of nitrogens with two attached hydrogens (primary N) is 1. The molecule has 0 atom stereocenters. The topological polar surface area (TPSA) is 35.2 Å². The minimum absolute atomic E-state index is 0. The van der Waals surface area contributed by atoms with Crippen LogP contribution in [0.2, 0.25) is 0 Å². The summed E-state index contributed by atoms with van der Waals surface area (Å²) in [6.07, 6.45) is 6.26. The minimum atomic E-state index is 0. The highest BCUT2D eigenvalue weighted by molar-refractivity contribution is 5.85. The third kappa shape index (κ3) is 2.92. The molecule has 3 heteroatoms. The van der Waals surface area contributed by atoms with Crippen LogP contribution in [0.15, 0.2) is 0 Å². The summed E-state index contributed by atoms with van der Waals surface area (Å²) < 4.78 is 5.69. The molecule has 1 rings (SSSR count). The van der Waals surface area contributed by atoms with Gasteiger partial charge >= 0.3 is 0 Å². The van der Waals surface area contributed by atoms with E-state index in [9.17, 15) is 0 Å². The van der Waals surface area contributed by atoms with Crippen molar-refractivity contribution in [2.45, 2.75) is 44.6 Å². The van der Waals surface area contributed by atoms with Crippen LogP contribution in [-0.2, 0) is 4.74 Å². The van der Waals surface area contributed by atoms with E-state index in [1.165, 1.54) is 19.3 Å². The lowest BCUT2D eigenvalue weighted by Gasteiger charge is -2.35. The SMILES string of the molecule is CCOC1(CN)CCCCC1.Cl. The van der Waals surface area contributed by atoms with E-state index in [1.54, 1.807) is 0 Å². The maximum atomic E-state index is 5.70. The Morgan fingerprint density at radius 3 is 2.25 bits per heavy atom. The van der Waals surface area contributed by atoms with E-state index in [1.807, 2.05) is 6.92 Å². The molecule has 12 heavy (non-hydrogen) atoms. The molecule has 0 heterocycles. The van der Waals surface area contributed by atoms with Gasteiger partial charge in [0.05, 0.1) is 5.60 Å². The van der Waals surface area contributed by atoms with Crippen molar-refractivity contribution in [3.8, 4) is 0 Å². The Bertz CT molecular complexity index is 108. The molecule has 0 aliphatic heterocycles. The number of hydrogen-bond acceptors (Lipinski definition) is 2. The van der Waals surface area contributed by atoms with Crippen molar-refractivity contribution in [2.24, 2.45) is 5.73 Å². The molecule has 0 amide bonds. The van der Waals surface area contributed by atoms with Gasteiger partial charge in [0.25, 0.3) is 0 Å². The van der Waals surface area contributed by atoms with Crippen LogP contribution < -0.4 is 5.73 Å². The Balaban J connectivity index is 0.00000121. The predicted octanol–water partition coefficient (Wildman–Crippen LogP) is 2.11. The molecule has 0 aromatic carbocycles. The third-order valence-corrected chi connectivity index (χ3v) is 2.59. The van der Waals surface area contributed by atoms with E-state index in [4.69, 9.17) is 10.5 Å². The van der Waals surface area contributed by atoms with Crippen molar-refractivity contribution >= 4 is 12.4 Å². The second-order valence-electron chi connectivity index (χ2n) is 3.38. The predicted molar refractivity (Wildman–Crippen MR) is 53.7 cm³/mol. The molecule has 0 aromatic rings. The molecule has 0 unspecified atom stereocenters. The van der Waals surface area contributed by atoms with Crippen molar-refractivity contribution in [2.75, 3.05) is 13.2 Å². The quantitative estimate of drug-likeness (QED) is 0.745. The zero-order valence-corrected chi connectivity index (χ0v) is 8.66. The fourth-order valence-corrected chi connectivity index (χ4v) is 1.91. The van der Waals surface area contributed by atoms with Gasteiger partial charge in [-0.1, -0.05) is 19.3 Å². The first-order chi connectivity index (χ1) is 5.33. The normalized spacial score (nSPS) is 21.5. The molecule has 2 nitrogen and oxygen atoms in total. The van der Waals surface area contributed by atoms with Gasteiger partial charge in [-0.3, -0.25) is 0 Å². The van der Waals surface area contributed by atoms with Gasteiger partial charge in [-0.15, -0.1) is 12.4 Å². The van der Waals surface area contributed by atoms with Crippen molar-refractivity contribution < 1.29 is 4.74 Å².